The molecule has 1 amide bonds. The second-order valence-electron chi connectivity index (χ2n) is 7.04. The van der Waals surface area contributed by atoms with Gasteiger partial charge in [-0.15, -0.1) is 0 Å². The van der Waals surface area contributed by atoms with Gasteiger partial charge in [0.15, 0.2) is 0 Å². The zero-order valence-corrected chi connectivity index (χ0v) is 14.3. The lowest BCUT2D eigenvalue weighted by atomic mass is 9.85. The van der Waals surface area contributed by atoms with Crippen LogP contribution in [-0.2, 0) is 15.1 Å². The van der Waals surface area contributed by atoms with Gasteiger partial charge in [0.25, 0.3) is 0 Å². The van der Waals surface area contributed by atoms with Crippen molar-refractivity contribution in [1.82, 2.24) is 19.6 Å². The third-order valence-corrected chi connectivity index (χ3v) is 5.29. The van der Waals surface area contributed by atoms with Crippen LogP contribution in [0.1, 0.15) is 25.7 Å². The van der Waals surface area contributed by atoms with Crippen LogP contribution in [0.4, 0.5) is 0 Å². The van der Waals surface area contributed by atoms with E-state index in [1.807, 2.05) is 31.0 Å². The highest BCUT2D eigenvalue weighted by Gasteiger charge is 2.44. The van der Waals surface area contributed by atoms with Crippen LogP contribution in [0.3, 0.4) is 0 Å². The van der Waals surface area contributed by atoms with Gasteiger partial charge in [-0.25, -0.2) is 0 Å². The van der Waals surface area contributed by atoms with Crippen molar-refractivity contribution in [2.24, 2.45) is 5.92 Å². The first-order chi connectivity index (χ1) is 11.1. The highest BCUT2D eigenvalue weighted by Crippen LogP contribution is 2.32. The molecule has 6 heteroatoms. The Balaban J connectivity index is 1.66. The number of amides is 1. The van der Waals surface area contributed by atoms with Gasteiger partial charge in [0, 0.05) is 59.3 Å². The smallest absolute Gasteiger partial charge is 0.250 e. The first-order valence-electron chi connectivity index (χ1n) is 8.64. The third-order valence-electron chi connectivity index (χ3n) is 5.29. The normalized spacial score (nSPS) is 22.9. The molecule has 3 heterocycles. The molecule has 1 aromatic heterocycles. The van der Waals surface area contributed by atoms with Crippen LogP contribution >= 0.6 is 0 Å². The number of hydrogen-bond donors (Lipinski definition) is 0. The van der Waals surface area contributed by atoms with Crippen LogP contribution in [0.2, 0.25) is 0 Å². The summed E-state index contributed by atoms with van der Waals surface area (Å²) in [5.74, 6) is 0.900. The molecule has 0 radical (unpaired) electrons. The lowest BCUT2D eigenvalue weighted by molar-refractivity contribution is -0.141. The third kappa shape index (κ3) is 3.43. The molecule has 0 bridgehead atoms. The monoisotopic (exact) mass is 320 g/mol. The highest BCUT2D eigenvalue weighted by atomic mass is 16.5. The number of carbonyl (C=O) groups excluding carboxylic acids is 1. The van der Waals surface area contributed by atoms with Crippen molar-refractivity contribution in [1.29, 1.82) is 0 Å². The average molecular weight is 320 g/mol. The molecule has 0 spiro atoms. The van der Waals surface area contributed by atoms with E-state index in [2.05, 4.69) is 10.00 Å². The summed E-state index contributed by atoms with van der Waals surface area (Å²) in [6.45, 7) is 4.84. The van der Waals surface area contributed by atoms with Crippen LogP contribution in [0.5, 0.6) is 0 Å². The van der Waals surface area contributed by atoms with Crippen LogP contribution in [0, 0.1) is 5.92 Å². The number of ether oxygens (including phenoxy) is 1. The van der Waals surface area contributed by atoms with E-state index in [1.54, 1.807) is 11.1 Å². The summed E-state index contributed by atoms with van der Waals surface area (Å²) in [6, 6.07) is 1.90. The van der Waals surface area contributed by atoms with Crippen LogP contribution in [0.25, 0.3) is 0 Å². The van der Waals surface area contributed by atoms with E-state index in [0.29, 0.717) is 0 Å². The van der Waals surface area contributed by atoms with Crippen molar-refractivity contribution in [3.8, 4) is 0 Å². The molecule has 0 N–H and O–H groups in total. The number of carbonyl (C=O) groups is 1. The maximum absolute atomic E-state index is 12.8. The number of likely N-dealkylation sites (N-methyl/N-ethyl adjacent to an activating group) is 1. The largest absolute Gasteiger partial charge is 0.381 e. The van der Waals surface area contributed by atoms with Gasteiger partial charge in [-0.1, -0.05) is 0 Å². The Labute approximate surface area is 138 Å². The molecule has 0 aromatic carbocycles. The first-order valence-corrected chi connectivity index (χ1v) is 8.64. The van der Waals surface area contributed by atoms with Crippen LogP contribution < -0.4 is 0 Å². The second kappa shape index (κ2) is 7.01. The van der Waals surface area contributed by atoms with Gasteiger partial charge in [0.2, 0.25) is 5.91 Å². The molecule has 2 saturated heterocycles. The van der Waals surface area contributed by atoms with Gasteiger partial charge in [-0.3, -0.25) is 9.48 Å². The van der Waals surface area contributed by atoms with E-state index in [0.717, 1.165) is 64.4 Å². The van der Waals surface area contributed by atoms with Crippen molar-refractivity contribution in [3.63, 3.8) is 0 Å². The first kappa shape index (κ1) is 16.5. The van der Waals surface area contributed by atoms with Crippen molar-refractivity contribution >= 4 is 5.91 Å². The van der Waals surface area contributed by atoms with Crippen molar-refractivity contribution in [2.45, 2.75) is 31.2 Å². The predicted octanol–water partition coefficient (Wildman–Crippen LogP) is 1.19. The quantitative estimate of drug-likeness (QED) is 0.836. The van der Waals surface area contributed by atoms with E-state index in [-0.39, 0.29) is 5.91 Å². The number of likely N-dealkylation sites (tertiary alicyclic amines) is 1. The number of hydrogen-bond acceptors (Lipinski definition) is 4. The number of piperidine rings is 1. The van der Waals surface area contributed by atoms with Crippen molar-refractivity contribution in [2.75, 3.05) is 46.9 Å². The second-order valence-corrected chi connectivity index (χ2v) is 7.04. The number of nitrogens with zero attached hydrogens (tertiary/aromatic N) is 4. The number of rotatable bonds is 4. The minimum Gasteiger partial charge on any atom is -0.381 e. The molecular weight excluding hydrogens is 292 g/mol. The molecule has 2 aliphatic rings. The van der Waals surface area contributed by atoms with Crippen molar-refractivity contribution < 1.29 is 9.53 Å². The maximum atomic E-state index is 12.8. The molecule has 0 atom stereocenters. The lowest BCUT2D eigenvalue weighted by Crippen LogP contribution is -2.55. The predicted molar refractivity (Wildman–Crippen MR) is 88.1 cm³/mol. The Kier molecular flexibility index (Phi) is 5.02. The minimum absolute atomic E-state index is 0.159. The fraction of sp³-hybridized carbons (Fsp3) is 0.765. The van der Waals surface area contributed by atoms with Crippen LogP contribution in [0.15, 0.2) is 18.5 Å². The highest BCUT2D eigenvalue weighted by molar-refractivity contribution is 5.84. The Morgan fingerprint density at radius 1 is 1.30 bits per heavy atom. The number of aromatic nitrogens is 2. The van der Waals surface area contributed by atoms with E-state index in [1.165, 1.54) is 0 Å². The molecule has 0 saturated carbocycles. The van der Waals surface area contributed by atoms with Gasteiger partial charge >= 0.3 is 0 Å². The molecule has 128 valence electrons. The van der Waals surface area contributed by atoms with Crippen molar-refractivity contribution in [3.05, 3.63) is 18.5 Å². The van der Waals surface area contributed by atoms with Gasteiger partial charge < -0.3 is 14.5 Å². The van der Waals surface area contributed by atoms with Crippen LogP contribution in [-0.4, -0.2) is 72.4 Å². The fourth-order valence-electron chi connectivity index (χ4n) is 3.88. The van der Waals surface area contributed by atoms with Gasteiger partial charge in [0.1, 0.15) is 5.54 Å². The molecule has 3 rings (SSSR count). The van der Waals surface area contributed by atoms with E-state index < -0.39 is 5.54 Å². The van der Waals surface area contributed by atoms with Gasteiger partial charge in [-0.05, 0) is 37.7 Å². The summed E-state index contributed by atoms with van der Waals surface area (Å²) in [7, 11) is 3.67. The molecule has 6 nitrogen and oxygen atoms in total. The summed E-state index contributed by atoms with van der Waals surface area (Å²) < 4.78 is 7.32. The zero-order valence-electron chi connectivity index (χ0n) is 14.3. The SMILES string of the molecule is CN(C)C(=O)C1(n2cccn2)CCN(CC2CCOCC2)CC1. The van der Waals surface area contributed by atoms with E-state index in [4.69, 9.17) is 4.74 Å². The minimum atomic E-state index is -0.515. The molecule has 0 unspecified atom stereocenters. The van der Waals surface area contributed by atoms with E-state index >= 15 is 0 Å². The standard InChI is InChI=1S/C17H28N4O2/c1-19(2)16(22)17(21-9-3-8-18-21)6-10-20(11-7-17)14-15-4-12-23-13-5-15/h3,8-9,15H,4-7,10-14H2,1-2H3. The summed E-state index contributed by atoms with van der Waals surface area (Å²) in [5, 5.41) is 4.39. The Bertz CT molecular complexity index is 501. The summed E-state index contributed by atoms with van der Waals surface area (Å²) >= 11 is 0. The maximum Gasteiger partial charge on any atom is 0.250 e. The van der Waals surface area contributed by atoms with E-state index in [9.17, 15) is 4.79 Å². The molecular formula is C17H28N4O2. The van der Waals surface area contributed by atoms with Gasteiger partial charge in [0.05, 0.1) is 0 Å². The average Bonchev–Trinajstić information content (AvgIpc) is 3.11. The van der Waals surface area contributed by atoms with Gasteiger partial charge in [-0.2, -0.15) is 5.10 Å². The summed E-state index contributed by atoms with van der Waals surface area (Å²) in [6.07, 6.45) is 7.67. The molecule has 23 heavy (non-hydrogen) atoms. The lowest BCUT2D eigenvalue weighted by Gasteiger charge is -2.43. The summed E-state index contributed by atoms with van der Waals surface area (Å²) in [5.41, 5.74) is -0.515. The molecule has 1 aromatic rings. The molecule has 2 fully saturated rings. The topological polar surface area (TPSA) is 50.6 Å². The Morgan fingerprint density at radius 2 is 2.00 bits per heavy atom. The Morgan fingerprint density at radius 3 is 2.57 bits per heavy atom. The molecule has 0 aliphatic carbocycles. The fourth-order valence-corrected chi connectivity index (χ4v) is 3.88. The zero-order chi connectivity index (χ0) is 16.3. The summed E-state index contributed by atoms with van der Waals surface area (Å²) in [4.78, 5) is 17.1. The molecule has 2 aliphatic heterocycles. The Hall–Kier alpha value is -1.40.